The predicted molar refractivity (Wildman–Crippen MR) is 92.8 cm³/mol. The highest BCUT2D eigenvalue weighted by atomic mass is 79.9. The molecule has 106 valence electrons. The molecule has 0 spiro atoms. The van der Waals surface area contributed by atoms with E-state index in [0.29, 0.717) is 17.3 Å². The van der Waals surface area contributed by atoms with Gasteiger partial charge < -0.3 is 10.6 Å². The van der Waals surface area contributed by atoms with Crippen molar-refractivity contribution in [3.05, 3.63) is 42.4 Å². The zero-order chi connectivity index (χ0) is 14.7. The minimum Gasteiger partial charge on any atom is -0.380 e. The van der Waals surface area contributed by atoms with Crippen LogP contribution in [0.25, 0.3) is 0 Å². The minimum atomic E-state index is -0.138. The van der Waals surface area contributed by atoms with E-state index in [1.54, 1.807) is 23.5 Å². The lowest BCUT2D eigenvalue weighted by Gasteiger charge is -2.09. The second-order valence-corrected chi connectivity index (χ2v) is 7.78. The molecule has 0 atom stereocenters. The molecule has 0 radical (unpaired) electrons. The molecule has 1 amide bonds. The number of nitrogens with one attached hydrogen (secondary N) is 2. The monoisotopic (exact) mass is 436 g/mol. The molecule has 7 heteroatoms. The minimum absolute atomic E-state index is 0.138. The lowest BCUT2D eigenvalue weighted by Crippen LogP contribution is -2.06. The van der Waals surface area contributed by atoms with Crippen molar-refractivity contribution in [2.45, 2.75) is 13.5 Å². The van der Waals surface area contributed by atoms with Crippen molar-refractivity contribution in [3.8, 4) is 0 Å². The topological polar surface area (TPSA) is 41.1 Å². The van der Waals surface area contributed by atoms with Crippen molar-refractivity contribution in [2.24, 2.45) is 0 Å². The summed E-state index contributed by atoms with van der Waals surface area (Å²) in [6, 6.07) is 7.53. The Bertz CT molecular complexity index is 626. The van der Waals surface area contributed by atoms with Gasteiger partial charge >= 0.3 is 0 Å². The number of carbonyl (C=O) groups is 1. The van der Waals surface area contributed by atoms with Gasteiger partial charge in [-0.3, -0.25) is 4.79 Å². The van der Waals surface area contributed by atoms with Crippen LogP contribution in [0.4, 0.5) is 11.4 Å². The average molecular weight is 439 g/mol. The molecule has 0 bridgehead atoms. The van der Waals surface area contributed by atoms with Crippen molar-refractivity contribution >= 4 is 72.1 Å². The molecule has 0 fully saturated rings. The van der Waals surface area contributed by atoms with Gasteiger partial charge in [0.05, 0.1) is 14.5 Å². The largest absolute Gasteiger partial charge is 0.380 e. The first-order chi connectivity index (χ1) is 9.45. The van der Waals surface area contributed by atoms with Crippen molar-refractivity contribution in [1.82, 2.24) is 0 Å². The first-order valence-electron chi connectivity index (χ1n) is 5.70. The summed E-state index contributed by atoms with van der Waals surface area (Å²) in [5, 5.41) is 6.48. The van der Waals surface area contributed by atoms with Gasteiger partial charge in [0.15, 0.2) is 0 Å². The van der Waals surface area contributed by atoms with Crippen LogP contribution in [0, 0.1) is 0 Å². The van der Waals surface area contributed by atoms with Crippen LogP contribution in [0.15, 0.2) is 32.5 Å². The van der Waals surface area contributed by atoms with E-state index in [0.717, 1.165) is 13.9 Å². The van der Waals surface area contributed by atoms with Gasteiger partial charge in [-0.1, -0.05) is 11.6 Å². The molecular formula is C13H11Br2ClN2OS. The maximum atomic E-state index is 11.0. The van der Waals surface area contributed by atoms with Gasteiger partial charge in [0.2, 0.25) is 5.91 Å². The Morgan fingerprint density at radius 3 is 2.65 bits per heavy atom. The van der Waals surface area contributed by atoms with E-state index in [9.17, 15) is 4.79 Å². The summed E-state index contributed by atoms with van der Waals surface area (Å²) >= 11 is 14.7. The van der Waals surface area contributed by atoms with Gasteiger partial charge in [-0.05, 0) is 56.1 Å². The molecule has 20 heavy (non-hydrogen) atoms. The molecule has 0 aliphatic rings. The number of hydrogen-bond donors (Lipinski definition) is 2. The summed E-state index contributed by atoms with van der Waals surface area (Å²) in [4.78, 5) is 12.2. The number of halogens is 3. The molecule has 0 aliphatic heterocycles. The number of thiophene rings is 1. The molecule has 0 saturated carbocycles. The van der Waals surface area contributed by atoms with Crippen LogP contribution in [-0.4, -0.2) is 5.91 Å². The molecule has 2 aromatic rings. The highest BCUT2D eigenvalue weighted by molar-refractivity contribution is 9.13. The highest BCUT2D eigenvalue weighted by Gasteiger charge is 2.06. The smallest absolute Gasteiger partial charge is 0.221 e. The van der Waals surface area contributed by atoms with Crippen LogP contribution in [0.1, 0.15) is 11.8 Å². The van der Waals surface area contributed by atoms with E-state index in [4.69, 9.17) is 11.6 Å². The van der Waals surface area contributed by atoms with Crippen molar-refractivity contribution in [1.29, 1.82) is 0 Å². The summed E-state index contributed by atoms with van der Waals surface area (Å²) in [6.45, 7) is 2.17. The molecule has 2 rings (SSSR count). The standard InChI is InChI=1S/C13H11Br2ClN2OS/c1-7(19)18-12-3-2-8(4-11(12)16)17-6-9-5-10(14)13(15)20-9/h2-5,17H,6H2,1H3,(H,18,19). The summed E-state index contributed by atoms with van der Waals surface area (Å²) in [6.07, 6.45) is 0. The average Bonchev–Trinajstić information content (AvgIpc) is 2.69. The van der Waals surface area contributed by atoms with E-state index in [-0.39, 0.29) is 5.91 Å². The first-order valence-corrected chi connectivity index (χ1v) is 8.48. The third kappa shape index (κ3) is 4.22. The van der Waals surface area contributed by atoms with Crippen molar-refractivity contribution in [3.63, 3.8) is 0 Å². The zero-order valence-corrected chi connectivity index (χ0v) is 15.2. The number of amides is 1. The third-order valence-corrected chi connectivity index (χ3v) is 6.01. The molecule has 1 aromatic carbocycles. The van der Waals surface area contributed by atoms with Crippen LogP contribution < -0.4 is 10.6 Å². The van der Waals surface area contributed by atoms with Crippen LogP contribution in [0.3, 0.4) is 0 Å². The lowest BCUT2D eigenvalue weighted by molar-refractivity contribution is -0.114. The van der Waals surface area contributed by atoms with Crippen LogP contribution in [0.5, 0.6) is 0 Å². The number of benzene rings is 1. The number of rotatable bonds is 4. The summed E-state index contributed by atoms with van der Waals surface area (Å²) in [5.41, 5.74) is 1.52. The van der Waals surface area contributed by atoms with E-state index in [1.165, 1.54) is 11.8 Å². The van der Waals surface area contributed by atoms with Gasteiger partial charge in [-0.2, -0.15) is 0 Å². The van der Waals surface area contributed by atoms with Crippen LogP contribution in [0.2, 0.25) is 5.02 Å². The molecule has 1 heterocycles. The molecule has 0 unspecified atom stereocenters. The Morgan fingerprint density at radius 2 is 2.10 bits per heavy atom. The highest BCUT2D eigenvalue weighted by Crippen LogP contribution is 2.33. The first kappa shape index (κ1) is 15.8. The summed E-state index contributed by atoms with van der Waals surface area (Å²) < 4.78 is 2.13. The van der Waals surface area contributed by atoms with Gasteiger partial charge in [0.1, 0.15) is 0 Å². The van der Waals surface area contributed by atoms with E-state index in [1.807, 2.05) is 6.07 Å². The Labute approximate surface area is 143 Å². The zero-order valence-electron chi connectivity index (χ0n) is 10.5. The Hall–Kier alpha value is -0.560. The summed E-state index contributed by atoms with van der Waals surface area (Å²) in [5.74, 6) is -0.138. The number of hydrogen-bond acceptors (Lipinski definition) is 3. The Balaban J connectivity index is 2.03. The molecule has 0 aliphatic carbocycles. The maximum Gasteiger partial charge on any atom is 0.221 e. The van der Waals surface area contributed by atoms with E-state index < -0.39 is 0 Å². The number of carbonyl (C=O) groups excluding carboxylic acids is 1. The van der Waals surface area contributed by atoms with E-state index in [2.05, 4.69) is 48.6 Å². The van der Waals surface area contributed by atoms with Gasteiger partial charge in [-0.25, -0.2) is 0 Å². The molecule has 2 N–H and O–H groups in total. The van der Waals surface area contributed by atoms with Crippen molar-refractivity contribution < 1.29 is 4.79 Å². The SMILES string of the molecule is CC(=O)Nc1ccc(NCc2cc(Br)c(Br)s2)cc1Cl. The second-order valence-electron chi connectivity index (χ2n) is 4.06. The van der Waals surface area contributed by atoms with E-state index >= 15 is 0 Å². The Morgan fingerprint density at radius 1 is 1.35 bits per heavy atom. The summed E-state index contributed by atoms with van der Waals surface area (Å²) in [7, 11) is 0. The lowest BCUT2D eigenvalue weighted by atomic mass is 10.2. The molecular weight excluding hydrogens is 427 g/mol. The van der Waals surface area contributed by atoms with Gasteiger partial charge in [0, 0.05) is 28.5 Å². The van der Waals surface area contributed by atoms with Crippen LogP contribution in [-0.2, 0) is 11.3 Å². The van der Waals surface area contributed by atoms with Gasteiger partial charge in [0.25, 0.3) is 0 Å². The number of anilines is 2. The van der Waals surface area contributed by atoms with Crippen molar-refractivity contribution in [2.75, 3.05) is 10.6 Å². The fourth-order valence-electron chi connectivity index (χ4n) is 1.58. The fourth-order valence-corrected chi connectivity index (χ4v) is 3.93. The second kappa shape index (κ2) is 6.93. The quantitative estimate of drug-likeness (QED) is 0.662. The Kier molecular flexibility index (Phi) is 5.49. The third-order valence-electron chi connectivity index (χ3n) is 2.44. The molecule has 3 nitrogen and oxygen atoms in total. The predicted octanol–water partition coefficient (Wildman–Crippen LogP) is 5.50. The normalized spacial score (nSPS) is 10.4. The van der Waals surface area contributed by atoms with Crippen LogP contribution >= 0.6 is 54.8 Å². The molecule has 1 aromatic heterocycles. The molecule has 0 saturated heterocycles. The fraction of sp³-hybridized carbons (Fsp3) is 0.154. The van der Waals surface area contributed by atoms with Gasteiger partial charge in [-0.15, -0.1) is 11.3 Å². The maximum absolute atomic E-state index is 11.0.